The summed E-state index contributed by atoms with van der Waals surface area (Å²) in [5, 5.41) is 20.3. The van der Waals surface area contributed by atoms with Crippen LogP contribution in [0.3, 0.4) is 0 Å². The molecule has 1 aliphatic rings. The predicted molar refractivity (Wildman–Crippen MR) is 94.2 cm³/mol. The molecule has 2 heterocycles. The van der Waals surface area contributed by atoms with E-state index in [9.17, 15) is 9.90 Å². The van der Waals surface area contributed by atoms with Crippen LogP contribution in [0.2, 0.25) is 0 Å². The van der Waals surface area contributed by atoms with Gasteiger partial charge in [-0.05, 0) is 50.1 Å². The summed E-state index contributed by atoms with van der Waals surface area (Å²) in [6.07, 6.45) is 1.60. The quantitative estimate of drug-likeness (QED) is 0.582. The van der Waals surface area contributed by atoms with Crippen molar-refractivity contribution in [1.29, 1.82) is 0 Å². The van der Waals surface area contributed by atoms with Gasteiger partial charge in [-0.25, -0.2) is 4.98 Å². The number of aromatic nitrogens is 3. The maximum Gasteiger partial charge on any atom is 0.252 e. The number of amides is 1. The van der Waals surface area contributed by atoms with Gasteiger partial charge in [-0.15, -0.1) is 0 Å². The molecule has 0 spiro atoms. The first-order valence-corrected chi connectivity index (χ1v) is 8.23. The normalized spacial score (nSPS) is 19.6. The predicted octanol–water partition coefficient (Wildman–Crippen LogP) is 1.86. The summed E-state index contributed by atoms with van der Waals surface area (Å²) < 4.78 is 0. The Morgan fingerprint density at radius 2 is 2.04 bits per heavy atom. The molecule has 1 aromatic carbocycles. The van der Waals surface area contributed by atoms with Crippen LogP contribution in [0.1, 0.15) is 28.9 Å². The van der Waals surface area contributed by atoms with E-state index in [0.717, 1.165) is 29.5 Å². The number of benzene rings is 1. The van der Waals surface area contributed by atoms with Gasteiger partial charge in [0.1, 0.15) is 5.75 Å². The first-order chi connectivity index (χ1) is 12.0. The van der Waals surface area contributed by atoms with Crippen molar-refractivity contribution in [3.63, 3.8) is 0 Å². The van der Waals surface area contributed by atoms with Gasteiger partial charge in [0.2, 0.25) is 0 Å². The molecular weight excluding hydrogens is 318 g/mol. The van der Waals surface area contributed by atoms with E-state index >= 15 is 0 Å². The zero-order chi connectivity index (χ0) is 17.6. The van der Waals surface area contributed by atoms with Crippen molar-refractivity contribution < 1.29 is 9.90 Å². The molecule has 0 bridgehead atoms. The van der Waals surface area contributed by atoms with Gasteiger partial charge in [0, 0.05) is 23.3 Å². The lowest BCUT2D eigenvalue weighted by Gasteiger charge is -2.33. The molecule has 1 amide bonds. The summed E-state index contributed by atoms with van der Waals surface area (Å²) in [4.78, 5) is 17.3. The SMILES string of the molecule is Cc1[nH]nc2nc(-c3ccc(O)cc3)cc(C(=O)NC3CC(N)C3)c12. The van der Waals surface area contributed by atoms with E-state index < -0.39 is 0 Å². The molecule has 0 unspecified atom stereocenters. The molecule has 1 aliphatic carbocycles. The number of carbonyl (C=O) groups is 1. The number of rotatable bonds is 3. The molecule has 3 aromatic rings. The standard InChI is InChI=1S/C18H19N5O2/c1-9-16-14(18(25)20-12-6-11(19)7-12)8-15(21-17(16)23-22-9)10-2-4-13(24)5-3-10/h2-5,8,11-12,24H,6-7,19H2,1H3,(H,20,25)(H,21,22,23). The van der Waals surface area contributed by atoms with E-state index in [1.165, 1.54) is 0 Å². The summed E-state index contributed by atoms with van der Waals surface area (Å²) in [6, 6.07) is 8.76. The minimum absolute atomic E-state index is 0.120. The highest BCUT2D eigenvalue weighted by molar-refractivity contribution is 6.07. The minimum Gasteiger partial charge on any atom is -0.508 e. The fraction of sp³-hybridized carbons (Fsp3) is 0.278. The summed E-state index contributed by atoms with van der Waals surface area (Å²) >= 11 is 0. The lowest BCUT2D eigenvalue weighted by Crippen LogP contribution is -2.50. The summed E-state index contributed by atoms with van der Waals surface area (Å²) in [5.41, 5.74) is 9.08. The largest absolute Gasteiger partial charge is 0.508 e. The van der Waals surface area contributed by atoms with Crippen LogP contribution in [0.15, 0.2) is 30.3 Å². The van der Waals surface area contributed by atoms with Crippen molar-refractivity contribution in [3.05, 3.63) is 41.6 Å². The third kappa shape index (κ3) is 2.83. The molecular formula is C18H19N5O2. The molecule has 2 aromatic heterocycles. The molecule has 1 saturated carbocycles. The lowest BCUT2D eigenvalue weighted by molar-refractivity contribution is 0.0912. The highest BCUT2D eigenvalue weighted by atomic mass is 16.3. The zero-order valence-corrected chi connectivity index (χ0v) is 13.8. The number of nitrogens with zero attached hydrogens (tertiary/aromatic N) is 2. The number of H-pyrrole nitrogens is 1. The molecule has 1 fully saturated rings. The van der Waals surface area contributed by atoms with Crippen molar-refractivity contribution in [2.75, 3.05) is 0 Å². The Labute approximate surface area is 144 Å². The van der Waals surface area contributed by atoms with Gasteiger partial charge in [0.05, 0.1) is 16.6 Å². The molecule has 5 N–H and O–H groups in total. The number of nitrogens with two attached hydrogens (primary N) is 1. The van der Waals surface area contributed by atoms with Crippen LogP contribution in [0.5, 0.6) is 5.75 Å². The molecule has 7 heteroatoms. The monoisotopic (exact) mass is 337 g/mol. The molecule has 0 radical (unpaired) electrons. The number of phenols is 1. The number of aromatic amines is 1. The molecule has 25 heavy (non-hydrogen) atoms. The van der Waals surface area contributed by atoms with Crippen LogP contribution in [0, 0.1) is 6.92 Å². The Bertz CT molecular complexity index is 942. The average molecular weight is 337 g/mol. The van der Waals surface area contributed by atoms with E-state index in [-0.39, 0.29) is 23.7 Å². The fourth-order valence-corrected chi connectivity index (χ4v) is 3.18. The molecule has 0 aliphatic heterocycles. The van der Waals surface area contributed by atoms with Gasteiger partial charge >= 0.3 is 0 Å². The third-order valence-corrected chi connectivity index (χ3v) is 4.62. The smallest absolute Gasteiger partial charge is 0.252 e. The summed E-state index contributed by atoms with van der Waals surface area (Å²) in [5.74, 6) is 0.0357. The van der Waals surface area contributed by atoms with Gasteiger partial charge in [-0.3, -0.25) is 9.89 Å². The van der Waals surface area contributed by atoms with E-state index in [4.69, 9.17) is 5.73 Å². The van der Waals surface area contributed by atoms with Crippen LogP contribution in [0.4, 0.5) is 0 Å². The van der Waals surface area contributed by atoms with Crippen molar-refractivity contribution in [1.82, 2.24) is 20.5 Å². The number of hydrogen-bond acceptors (Lipinski definition) is 5. The van der Waals surface area contributed by atoms with Crippen molar-refractivity contribution in [2.24, 2.45) is 5.73 Å². The number of hydrogen-bond donors (Lipinski definition) is 4. The number of fused-ring (bicyclic) bond motifs is 1. The number of aromatic hydroxyl groups is 1. The second kappa shape index (κ2) is 5.86. The molecule has 4 rings (SSSR count). The van der Waals surface area contributed by atoms with Crippen LogP contribution in [0.25, 0.3) is 22.3 Å². The van der Waals surface area contributed by atoms with Crippen molar-refractivity contribution in [2.45, 2.75) is 31.8 Å². The Morgan fingerprint density at radius 3 is 2.72 bits per heavy atom. The second-order valence-electron chi connectivity index (χ2n) is 6.55. The van der Waals surface area contributed by atoms with E-state index in [0.29, 0.717) is 16.9 Å². The maximum atomic E-state index is 12.8. The van der Waals surface area contributed by atoms with Gasteiger partial charge in [0.25, 0.3) is 5.91 Å². The summed E-state index contributed by atoms with van der Waals surface area (Å²) in [7, 11) is 0. The number of aryl methyl sites for hydroxylation is 1. The molecule has 0 saturated heterocycles. The summed E-state index contributed by atoms with van der Waals surface area (Å²) in [6.45, 7) is 1.87. The minimum atomic E-state index is -0.145. The Kier molecular flexibility index (Phi) is 3.65. The number of carbonyl (C=O) groups excluding carboxylic acids is 1. The molecule has 7 nitrogen and oxygen atoms in total. The third-order valence-electron chi connectivity index (χ3n) is 4.62. The lowest BCUT2D eigenvalue weighted by atomic mass is 9.87. The van der Waals surface area contributed by atoms with E-state index in [1.54, 1.807) is 30.3 Å². The number of phenolic OH excluding ortho intramolecular Hbond substituents is 1. The Morgan fingerprint density at radius 1 is 1.32 bits per heavy atom. The van der Waals surface area contributed by atoms with Crippen LogP contribution < -0.4 is 11.1 Å². The first-order valence-electron chi connectivity index (χ1n) is 8.23. The highest BCUT2D eigenvalue weighted by Crippen LogP contribution is 2.27. The zero-order valence-electron chi connectivity index (χ0n) is 13.8. The second-order valence-corrected chi connectivity index (χ2v) is 6.55. The number of nitrogens with one attached hydrogen (secondary N) is 2. The van der Waals surface area contributed by atoms with Crippen molar-refractivity contribution in [3.8, 4) is 17.0 Å². The van der Waals surface area contributed by atoms with Crippen LogP contribution in [-0.4, -0.2) is 38.3 Å². The maximum absolute atomic E-state index is 12.8. The molecule has 128 valence electrons. The van der Waals surface area contributed by atoms with E-state index in [1.807, 2.05) is 6.92 Å². The topological polar surface area (TPSA) is 117 Å². The molecule has 0 atom stereocenters. The number of pyridine rings is 1. The average Bonchev–Trinajstić information content (AvgIpc) is 2.94. The van der Waals surface area contributed by atoms with Gasteiger partial charge in [-0.1, -0.05) is 0 Å². The van der Waals surface area contributed by atoms with Gasteiger partial charge in [-0.2, -0.15) is 5.10 Å². The van der Waals surface area contributed by atoms with Gasteiger partial charge in [0.15, 0.2) is 5.65 Å². The highest BCUT2D eigenvalue weighted by Gasteiger charge is 2.28. The van der Waals surface area contributed by atoms with Crippen LogP contribution in [-0.2, 0) is 0 Å². The Balaban J connectivity index is 1.76. The fourth-order valence-electron chi connectivity index (χ4n) is 3.18. The van der Waals surface area contributed by atoms with Crippen LogP contribution >= 0.6 is 0 Å². The van der Waals surface area contributed by atoms with E-state index in [2.05, 4.69) is 20.5 Å². The Hall–Kier alpha value is -2.93. The van der Waals surface area contributed by atoms with Gasteiger partial charge < -0.3 is 16.2 Å². The first kappa shape index (κ1) is 15.6. The van der Waals surface area contributed by atoms with Crippen molar-refractivity contribution >= 4 is 16.9 Å².